The summed E-state index contributed by atoms with van der Waals surface area (Å²) in [5, 5.41) is 12.9. The third kappa shape index (κ3) is 2.44. The molecule has 0 saturated carbocycles. The molecule has 2 aromatic rings. The van der Waals surface area contributed by atoms with Gasteiger partial charge in [-0.15, -0.1) is 0 Å². The zero-order valence-corrected chi connectivity index (χ0v) is 11.6. The van der Waals surface area contributed by atoms with Gasteiger partial charge in [-0.3, -0.25) is 0 Å². The highest BCUT2D eigenvalue weighted by Gasteiger charge is 2.23. The second-order valence-corrected chi connectivity index (χ2v) is 5.16. The number of aromatic nitrogens is 1. The van der Waals surface area contributed by atoms with E-state index in [-0.39, 0.29) is 17.8 Å². The number of hydrogen-bond acceptors (Lipinski definition) is 3. The number of carbonyl (C=O) groups excluding carboxylic acids is 1. The van der Waals surface area contributed by atoms with Gasteiger partial charge in [-0.25, -0.2) is 9.59 Å². The number of fused-ring (bicyclic) bond motifs is 1. The maximum atomic E-state index is 11.3. The maximum Gasteiger partial charge on any atom is 0.407 e. The summed E-state index contributed by atoms with van der Waals surface area (Å²) < 4.78 is 4.87. The summed E-state index contributed by atoms with van der Waals surface area (Å²) in [5.41, 5.74) is 2.93. The molecule has 3 N–H and O–H groups in total. The van der Waals surface area contributed by atoms with E-state index in [0.717, 1.165) is 22.0 Å². The minimum Gasteiger partial charge on any atom is -0.477 e. The molecule has 0 bridgehead atoms. The molecule has 3 rings (SSSR count). The molecule has 6 heteroatoms. The van der Waals surface area contributed by atoms with Gasteiger partial charge in [0, 0.05) is 10.9 Å². The summed E-state index contributed by atoms with van der Waals surface area (Å²) in [6.07, 6.45) is 0.928. The number of rotatable bonds is 4. The largest absolute Gasteiger partial charge is 0.477 e. The molecule has 0 radical (unpaired) electrons. The molecule has 1 saturated heterocycles. The van der Waals surface area contributed by atoms with Crippen LogP contribution in [0.2, 0.25) is 0 Å². The van der Waals surface area contributed by atoms with Crippen molar-refractivity contribution in [1.82, 2.24) is 10.3 Å². The van der Waals surface area contributed by atoms with Crippen LogP contribution in [0.4, 0.5) is 4.79 Å². The molecule has 1 fully saturated rings. The van der Waals surface area contributed by atoms with Gasteiger partial charge in [-0.05, 0) is 36.1 Å². The fraction of sp³-hybridized carbons (Fsp3) is 0.333. The number of aryl methyl sites for hydroxylation is 1. The predicted octanol–water partition coefficient (Wildman–Crippen LogP) is 2.08. The number of carboxylic acid groups (broad SMARTS) is 1. The number of alkyl carbamates (subject to hydrolysis) is 1. The number of ether oxygens (including phenoxy) is 1. The maximum absolute atomic E-state index is 11.3. The quantitative estimate of drug-likeness (QED) is 0.803. The normalized spacial score (nSPS) is 17.8. The van der Waals surface area contributed by atoms with Gasteiger partial charge in [0.15, 0.2) is 0 Å². The zero-order chi connectivity index (χ0) is 15.0. The van der Waals surface area contributed by atoms with Crippen LogP contribution in [-0.2, 0) is 17.6 Å². The van der Waals surface area contributed by atoms with Gasteiger partial charge < -0.3 is 20.1 Å². The minimum absolute atomic E-state index is 0.0297. The fourth-order valence-corrected chi connectivity index (χ4v) is 2.79. The Morgan fingerprint density at radius 1 is 1.48 bits per heavy atom. The third-order valence-corrected chi connectivity index (χ3v) is 3.76. The Bertz CT molecular complexity index is 720. The monoisotopic (exact) mass is 288 g/mol. The number of amides is 1. The van der Waals surface area contributed by atoms with Crippen molar-refractivity contribution in [2.24, 2.45) is 0 Å². The van der Waals surface area contributed by atoms with E-state index >= 15 is 0 Å². The number of aromatic carboxylic acids is 1. The first kappa shape index (κ1) is 13.5. The van der Waals surface area contributed by atoms with E-state index in [1.54, 1.807) is 0 Å². The van der Waals surface area contributed by atoms with Gasteiger partial charge in [-0.1, -0.05) is 13.0 Å². The van der Waals surface area contributed by atoms with E-state index in [4.69, 9.17) is 4.74 Å². The molecular formula is C15H16N2O4. The highest BCUT2D eigenvalue weighted by atomic mass is 16.6. The van der Waals surface area contributed by atoms with Gasteiger partial charge in [0.25, 0.3) is 0 Å². The van der Waals surface area contributed by atoms with E-state index < -0.39 is 5.97 Å². The summed E-state index contributed by atoms with van der Waals surface area (Å²) in [5.74, 6) is -0.943. The Balaban J connectivity index is 1.95. The van der Waals surface area contributed by atoms with Crippen molar-refractivity contribution < 1.29 is 19.4 Å². The smallest absolute Gasteiger partial charge is 0.407 e. The summed E-state index contributed by atoms with van der Waals surface area (Å²) >= 11 is 0. The summed E-state index contributed by atoms with van der Waals surface area (Å²) in [6.45, 7) is 2.30. The summed E-state index contributed by atoms with van der Waals surface area (Å²) in [6, 6.07) is 5.78. The third-order valence-electron chi connectivity index (χ3n) is 3.76. The SMILES string of the molecule is CCc1c(C(=O)O)[nH]c2ccc(CC3COC(=O)N3)cc12. The molecule has 6 nitrogen and oxygen atoms in total. The van der Waals surface area contributed by atoms with Gasteiger partial charge in [0.2, 0.25) is 0 Å². The molecule has 21 heavy (non-hydrogen) atoms. The topological polar surface area (TPSA) is 91.4 Å². The standard InChI is InChI=1S/C15H16N2O4/c1-2-10-11-6-8(5-9-7-21-15(20)16-9)3-4-12(11)17-13(10)14(18)19/h3-4,6,9,17H,2,5,7H2,1H3,(H,16,20)(H,18,19). The van der Waals surface area contributed by atoms with Gasteiger partial charge >= 0.3 is 12.1 Å². The minimum atomic E-state index is -0.943. The van der Waals surface area contributed by atoms with Crippen LogP contribution >= 0.6 is 0 Å². The number of H-pyrrole nitrogens is 1. The number of carbonyl (C=O) groups is 2. The Hall–Kier alpha value is -2.50. The number of benzene rings is 1. The van der Waals surface area contributed by atoms with Crippen LogP contribution in [0.15, 0.2) is 18.2 Å². The van der Waals surface area contributed by atoms with Crippen LogP contribution in [0, 0.1) is 0 Å². The molecular weight excluding hydrogens is 272 g/mol. The summed E-state index contributed by atoms with van der Waals surface area (Å²) in [7, 11) is 0. The van der Waals surface area contributed by atoms with Crippen LogP contribution in [0.1, 0.15) is 28.5 Å². The van der Waals surface area contributed by atoms with E-state index in [1.165, 1.54) is 0 Å². The average molecular weight is 288 g/mol. The molecule has 1 aliphatic heterocycles. The first-order valence-corrected chi connectivity index (χ1v) is 6.88. The number of cyclic esters (lactones) is 1. The lowest BCUT2D eigenvalue weighted by Crippen LogP contribution is -2.28. The number of nitrogens with one attached hydrogen (secondary N) is 2. The number of aromatic amines is 1. The lowest BCUT2D eigenvalue weighted by Gasteiger charge is -2.07. The van der Waals surface area contributed by atoms with Crippen molar-refractivity contribution in [3.8, 4) is 0 Å². The van der Waals surface area contributed by atoms with Crippen LogP contribution < -0.4 is 5.32 Å². The number of carboxylic acids is 1. The molecule has 0 spiro atoms. The highest BCUT2D eigenvalue weighted by molar-refractivity contribution is 5.97. The Morgan fingerprint density at radius 2 is 2.29 bits per heavy atom. The lowest BCUT2D eigenvalue weighted by molar-refractivity contribution is 0.0690. The van der Waals surface area contributed by atoms with Crippen LogP contribution in [0.5, 0.6) is 0 Å². The van der Waals surface area contributed by atoms with Crippen molar-refractivity contribution in [3.05, 3.63) is 35.0 Å². The molecule has 1 amide bonds. The molecule has 1 aliphatic rings. The van der Waals surface area contributed by atoms with E-state index in [0.29, 0.717) is 19.4 Å². The van der Waals surface area contributed by atoms with Crippen LogP contribution in [0.3, 0.4) is 0 Å². The van der Waals surface area contributed by atoms with Gasteiger partial charge in [0.1, 0.15) is 12.3 Å². The molecule has 1 atom stereocenters. The van der Waals surface area contributed by atoms with Crippen molar-refractivity contribution in [2.75, 3.05) is 6.61 Å². The van der Waals surface area contributed by atoms with Gasteiger partial charge in [0.05, 0.1) is 6.04 Å². The first-order chi connectivity index (χ1) is 10.1. The molecule has 1 unspecified atom stereocenters. The second-order valence-electron chi connectivity index (χ2n) is 5.16. The Morgan fingerprint density at radius 3 is 2.90 bits per heavy atom. The van der Waals surface area contributed by atoms with E-state index in [1.807, 2.05) is 25.1 Å². The second kappa shape index (κ2) is 5.12. The summed E-state index contributed by atoms with van der Waals surface area (Å²) in [4.78, 5) is 25.2. The van der Waals surface area contributed by atoms with E-state index in [2.05, 4.69) is 10.3 Å². The average Bonchev–Trinajstić information content (AvgIpc) is 3.02. The fourth-order valence-electron chi connectivity index (χ4n) is 2.79. The zero-order valence-electron chi connectivity index (χ0n) is 11.6. The van der Waals surface area contributed by atoms with Gasteiger partial charge in [-0.2, -0.15) is 0 Å². The Labute approximate surface area is 121 Å². The molecule has 0 aliphatic carbocycles. The van der Waals surface area contributed by atoms with Crippen LogP contribution in [-0.4, -0.2) is 34.8 Å². The lowest BCUT2D eigenvalue weighted by atomic mass is 10.0. The molecule has 2 heterocycles. The van der Waals surface area contributed by atoms with Crippen molar-refractivity contribution in [1.29, 1.82) is 0 Å². The molecule has 1 aromatic heterocycles. The van der Waals surface area contributed by atoms with Crippen molar-refractivity contribution in [3.63, 3.8) is 0 Å². The Kier molecular flexibility index (Phi) is 3.29. The van der Waals surface area contributed by atoms with Crippen molar-refractivity contribution >= 4 is 23.0 Å². The van der Waals surface area contributed by atoms with Crippen molar-refractivity contribution in [2.45, 2.75) is 25.8 Å². The molecule has 110 valence electrons. The van der Waals surface area contributed by atoms with E-state index in [9.17, 15) is 14.7 Å². The van der Waals surface area contributed by atoms with Crippen LogP contribution in [0.25, 0.3) is 10.9 Å². The highest BCUT2D eigenvalue weighted by Crippen LogP contribution is 2.25. The number of hydrogen-bond donors (Lipinski definition) is 3. The first-order valence-electron chi connectivity index (χ1n) is 6.88. The predicted molar refractivity (Wildman–Crippen MR) is 76.6 cm³/mol. The molecule has 1 aromatic carbocycles.